The Morgan fingerprint density at radius 3 is 2.56 bits per heavy atom. The Morgan fingerprint density at radius 2 is 2.06 bits per heavy atom. The molecule has 0 saturated heterocycles. The molecule has 3 heteroatoms. The summed E-state index contributed by atoms with van der Waals surface area (Å²) in [5.41, 5.74) is 1.48. The second-order valence-electron chi connectivity index (χ2n) is 5.49. The lowest BCUT2D eigenvalue weighted by molar-refractivity contribution is 0.270. The first-order chi connectivity index (χ1) is 7.44. The van der Waals surface area contributed by atoms with Crippen LogP contribution in [0.4, 0.5) is 0 Å². The smallest absolute Gasteiger partial charge is 0.177 e. The molecule has 2 nitrogen and oxygen atoms in total. The van der Waals surface area contributed by atoms with Crippen molar-refractivity contribution in [2.45, 2.75) is 59.9 Å². The molecule has 0 saturated carbocycles. The maximum absolute atomic E-state index is 5.28. The van der Waals surface area contributed by atoms with Crippen LogP contribution < -0.4 is 0 Å². The zero-order valence-electron chi connectivity index (χ0n) is 11.0. The maximum Gasteiger partial charge on any atom is 0.177 e. The van der Waals surface area contributed by atoms with Gasteiger partial charge in [-0.3, -0.25) is 0 Å². The van der Waals surface area contributed by atoms with E-state index in [1.54, 1.807) is 0 Å². The van der Waals surface area contributed by atoms with Gasteiger partial charge in [-0.25, -0.2) is 0 Å². The highest BCUT2D eigenvalue weighted by atomic mass is 32.1. The lowest BCUT2D eigenvalue weighted by Gasteiger charge is -2.25. The highest BCUT2D eigenvalue weighted by Crippen LogP contribution is 2.26. The quantitative estimate of drug-likeness (QED) is 0.575. The molecule has 16 heavy (non-hydrogen) atoms. The summed E-state index contributed by atoms with van der Waals surface area (Å²) in [5.74, 6) is 0. The van der Waals surface area contributed by atoms with Crippen molar-refractivity contribution < 1.29 is 0 Å². The van der Waals surface area contributed by atoms with E-state index >= 15 is 0 Å². The molecular formula is C13H24N2S. The number of imidazole rings is 1. The van der Waals surface area contributed by atoms with E-state index in [0.717, 1.165) is 17.0 Å². The van der Waals surface area contributed by atoms with Crippen molar-refractivity contribution in [3.8, 4) is 0 Å². The van der Waals surface area contributed by atoms with Crippen molar-refractivity contribution in [2.75, 3.05) is 0 Å². The number of H-pyrrole nitrogens is 1. The van der Waals surface area contributed by atoms with Gasteiger partial charge in [0, 0.05) is 18.4 Å². The Kier molecular flexibility index (Phi) is 4.78. The third kappa shape index (κ3) is 4.12. The Hall–Kier alpha value is -0.570. The summed E-state index contributed by atoms with van der Waals surface area (Å²) in [5, 5.41) is 0. The van der Waals surface area contributed by atoms with Crippen molar-refractivity contribution in [1.82, 2.24) is 9.55 Å². The van der Waals surface area contributed by atoms with Crippen molar-refractivity contribution in [1.29, 1.82) is 0 Å². The number of aryl methyl sites for hydroxylation is 1. The highest BCUT2D eigenvalue weighted by molar-refractivity contribution is 7.71. The number of hydrogen-bond acceptors (Lipinski definition) is 1. The van der Waals surface area contributed by atoms with Crippen molar-refractivity contribution in [3.63, 3.8) is 0 Å². The van der Waals surface area contributed by atoms with Crippen LogP contribution in [0.2, 0.25) is 0 Å². The molecule has 1 aromatic rings. The molecule has 0 atom stereocenters. The van der Waals surface area contributed by atoms with E-state index in [-0.39, 0.29) is 0 Å². The van der Waals surface area contributed by atoms with Crippen LogP contribution in [-0.2, 0) is 6.54 Å². The van der Waals surface area contributed by atoms with Gasteiger partial charge < -0.3 is 9.55 Å². The van der Waals surface area contributed by atoms with Crippen molar-refractivity contribution in [3.05, 3.63) is 16.7 Å². The fourth-order valence-electron chi connectivity index (χ4n) is 2.08. The minimum atomic E-state index is 0.335. The topological polar surface area (TPSA) is 20.7 Å². The molecule has 1 aromatic heterocycles. The van der Waals surface area contributed by atoms with Crippen LogP contribution in [0, 0.1) is 17.1 Å². The molecule has 1 N–H and O–H groups in total. The summed E-state index contributed by atoms with van der Waals surface area (Å²) in [6.45, 7) is 9.97. The molecule has 0 amide bonds. The molecule has 0 aliphatic rings. The van der Waals surface area contributed by atoms with Gasteiger partial charge in [-0.2, -0.15) is 0 Å². The predicted molar refractivity (Wildman–Crippen MR) is 72.3 cm³/mol. The van der Waals surface area contributed by atoms with E-state index in [4.69, 9.17) is 12.2 Å². The van der Waals surface area contributed by atoms with Gasteiger partial charge in [0.2, 0.25) is 0 Å². The average Bonchev–Trinajstić information content (AvgIpc) is 2.44. The van der Waals surface area contributed by atoms with Crippen molar-refractivity contribution >= 4 is 12.2 Å². The fourth-order valence-corrected chi connectivity index (χ4v) is 2.35. The molecule has 0 fully saturated rings. The van der Waals surface area contributed by atoms with Crippen LogP contribution in [0.25, 0.3) is 0 Å². The zero-order chi connectivity index (χ0) is 12.2. The molecule has 0 aromatic carbocycles. The summed E-state index contributed by atoms with van der Waals surface area (Å²) >= 11 is 5.28. The highest BCUT2D eigenvalue weighted by Gasteiger charge is 2.18. The average molecular weight is 240 g/mol. The largest absolute Gasteiger partial charge is 0.335 e. The molecule has 0 aliphatic carbocycles. The standard InChI is InChI=1S/C13H24N2S/c1-5-6-7-8-13(3,4)10-15-9-11(2)14-12(15)16/h9H,5-8,10H2,1-4H3,(H,14,16). The Balaban J connectivity index is 2.58. The first-order valence-electron chi connectivity index (χ1n) is 6.21. The molecule has 1 rings (SSSR count). The predicted octanol–water partition coefficient (Wildman–Crippen LogP) is 4.46. The minimum absolute atomic E-state index is 0.335. The molecule has 0 aliphatic heterocycles. The number of unbranched alkanes of at least 4 members (excludes halogenated alkanes) is 2. The van der Waals surface area contributed by atoms with Gasteiger partial charge in [-0.15, -0.1) is 0 Å². The van der Waals surface area contributed by atoms with E-state index in [1.807, 2.05) is 0 Å². The molecule has 92 valence electrons. The van der Waals surface area contributed by atoms with Gasteiger partial charge in [0.1, 0.15) is 0 Å². The SMILES string of the molecule is CCCCCC(C)(C)Cn1cc(C)[nH]c1=S. The second-order valence-corrected chi connectivity index (χ2v) is 5.88. The Morgan fingerprint density at radius 1 is 1.38 bits per heavy atom. The Bertz CT molecular complexity index is 374. The van der Waals surface area contributed by atoms with E-state index in [9.17, 15) is 0 Å². The molecule has 0 radical (unpaired) electrons. The summed E-state index contributed by atoms with van der Waals surface area (Å²) < 4.78 is 3.01. The normalized spacial score (nSPS) is 12.0. The van der Waals surface area contributed by atoms with Gasteiger partial charge in [-0.1, -0.05) is 40.0 Å². The van der Waals surface area contributed by atoms with Crippen LogP contribution >= 0.6 is 12.2 Å². The summed E-state index contributed by atoms with van der Waals surface area (Å²) in [6.07, 6.45) is 7.33. The lowest BCUT2D eigenvalue weighted by atomic mass is 9.87. The Labute approximate surface area is 104 Å². The van der Waals surface area contributed by atoms with Crippen LogP contribution in [0.15, 0.2) is 6.20 Å². The molecular weight excluding hydrogens is 216 g/mol. The first-order valence-corrected chi connectivity index (χ1v) is 6.61. The number of rotatable bonds is 6. The van der Waals surface area contributed by atoms with Crippen LogP contribution in [0.3, 0.4) is 0 Å². The molecule has 0 spiro atoms. The third-order valence-corrected chi connectivity index (χ3v) is 3.31. The summed E-state index contributed by atoms with van der Waals surface area (Å²) in [4.78, 5) is 3.18. The third-order valence-electron chi connectivity index (χ3n) is 2.97. The van der Waals surface area contributed by atoms with E-state index in [1.165, 1.54) is 25.7 Å². The van der Waals surface area contributed by atoms with E-state index in [2.05, 4.69) is 43.4 Å². The summed E-state index contributed by atoms with van der Waals surface area (Å²) in [7, 11) is 0. The number of nitrogens with one attached hydrogen (secondary N) is 1. The molecule has 0 unspecified atom stereocenters. The van der Waals surface area contributed by atoms with E-state index < -0.39 is 0 Å². The molecule has 0 bridgehead atoms. The van der Waals surface area contributed by atoms with Gasteiger partial charge in [-0.05, 0) is 31.0 Å². The van der Waals surface area contributed by atoms with Gasteiger partial charge in [0.15, 0.2) is 4.77 Å². The van der Waals surface area contributed by atoms with Gasteiger partial charge in [0.05, 0.1) is 0 Å². The first kappa shape index (κ1) is 13.5. The van der Waals surface area contributed by atoms with E-state index in [0.29, 0.717) is 5.41 Å². The summed E-state index contributed by atoms with van der Waals surface area (Å²) in [6, 6.07) is 0. The monoisotopic (exact) mass is 240 g/mol. The van der Waals surface area contributed by atoms with Crippen LogP contribution in [0.5, 0.6) is 0 Å². The maximum atomic E-state index is 5.28. The van der Waals surface area contributed by atoms with Gasteiger partial charge in [0.25, 0.3) is 0 Å². The lowest BCUT2D eigenvalue weighted by Crippen LogP contribution is -2.19. The number of aromatic nitrogens is 2. The van der Waals surface area contributed by atoms with Crippen molar-refractivity contribution in [2.24, 2.45) is 5.41 Å². The second kappa shape index (κ2) is 5.67. The zero-order valence-corrected chi connectivity index (χ0v) is 11.8. The van der Waals surface area contributed by atoms with Crippen LogP contribution in [-0.4, -0.2) is 9.55 Å². The number of nitrogens with zero attached hydrogens (tertiary/aromatic N) is 1. The fraction of sp³-hybridized carbons (Fsp3) is 0.769. The van der Waals surface area contributed by atoms with Crippen LogP contribution in [0.1, 0.15) is 52.1 Å². The van der Waals surface area contributed by atoms with Gasteiger partial charge >= 0.3 is 0 Å². The number of aromatic amines is 1. The minimum Gasteiger partial charge on any atom is -0.335 e. The number of hydrogen-bond donors (Lipinski definition) is 1. The molecule has 1 heterocycles.